The smallest absolute Gasteiger partial charge is 0.0398 e. The van der Waals surface area contributed by atoms with Crippen LogP contribution in [0, 0.1) is 5.92 Å². The zero-order valence-electron chi connectivity index (χ0n) is 9.29. The molecule has 0 atom stereocenters. The number of rotatable bonds is 3. The third-order valence-corrected chi connectivity index (χ3v) is 3.50. The lowest BCUT2D eigenvalue weighted by Gasteiger charge is -2.12. The monoisotopic (exact) mass is 202 g/mol. The number of nitrogens with one attached hydrogen (secondary N) is 1. The molecule has 0 aromatic heterocycles. The SMILES string of the molecule is CN1CCc2cc(NCC3CC3)ccc21. The Bertz CT molecular complexity index is 369. The molecule has 0 amide bonds. The first-order valence-corrected chi connectivity index (χ1v) is 5.91. The Balaban J connectivity index is 1.73. The molecule has 0 bridgehead atoms. The van der Waals surface area contributed by atoms with E-state index in [1.807, 2.05) is 0 Å². The van der Waals surface area contributed by atoms with Crippen LogP contribution in [-0.2, 0) is 6.42 Å². The molecule has 2 nitrogen and oxygen atoms in total. The number of fused-ring (bicyclic) bond motifs is 1. The third-order valence-electron chi connectivity index (χ3n) is 3.50. The lowest BCUT2D eigenvalue weighted by Crippen LogP contribution is -2.12. The maximum absolute atomic E-state index is 3.53. The average molecular weight is 202 g/mol. The molecule has 2 heteroatoms. The predicted molar refractivity (Wildman–Crippen MR) is 64.6 cm³/mol. The van der Waals surface area contributed by atoms with Crippen molar-refractivity contribution in [2.24, 2.45) is 5.92 Å². The Hall–Kier alpha value is -1.18. The summed E-state index contributed by atoms with van der Waals surface area (Å²) < 4.78 is 0. The van der Waals surface area contributed by atoms with Crippen LogP contribution in [-0.4, -0.2) is 20.1 Å². The zero-order chi connectivity index (χ0) is 10.3. The van der Waals surface area contributed by atoms with E-state index in [1.165, 1.54) is 42.7 Å². The molecule has 1 aromatic carbocycles. The summed E-state index contributed by atoms with van der Waals surface area (Å²) in [6.45, 7) is 2.33. The molecule has 1 saturated carbocycles. The summed E-state index contributed by atoms with van der Waals surface area (Å²) in [4.78, 5) is 2.33. The normalized spacial score (nSPS) is 19.1. The number of benzene rings is 1. The molecule has 15 heavy (non-hydrogen) atoms. The van der Waals surface area contributed by atoms with Gasteiger partial charge in [0, 0.05) is 31.5 Å². The van der Waals surface area contributed by atoms with Gasteiger partial charge in [-0.2, -0.15) is 0 Å². The Kier molecular flexibility index (Phi) is 2.08. The first-order valence-electron chi connectivity index (χ1n) is 5.91. The van der Waals surface area contributed by atoms with Gasteiger partial charge in [-0.25, -0.2) is 0 Å². The molecular weight excluding hydrogens is 184 g/mol. The lowest BCUT2D eigenvalue weighted by molar-refractivity contribution is 0.889. The molecule has 1 aromatic rings. The van der Waals surface area contributed by atoms with Crippen molar-refractivity contribution in [2.75, 3.05) is 30.4 Å². The minimum absolute atomic E-state index is 0.945. The van der Waals surface area contributed by atoms with Crippen LogP contribution in [0.3, 0.4) is 0 Å². The van der Waals surface area contributed by atoms with Crippen molar-refractivity contribution in [1.29, 1.82) is 0 Å². The van der Waals surface area contributed by atoms with Crippen LogP contribution in [0.25, 0.3) is 0 Å². The van der Waals surface area contributed by atoms with Crippen molar-refractivity contribution in [3.8, 4) is 0 Å². The van der Waals surface area contributed by atoms with Crippen LogP contribution in [0.5, 0.6) is 0 Å². The van der Waals surface area contributed by atoms with Crippen molar-refractivity contribution in [3.05, 3.63) is 23.8 Å². The first kappa shape index (κ1) is 9.08. The lowest BCUT2D eigenvalue weighted by atomic mass is 10.1. The fourth-order valence-electron chi connectivity index (χ4n) is 2.26. The average Bonchev–Trinajstić information content (AvgIpc) is 3.01. The number of likely N-dealkylation sites (N-methyl/N-ethyl adjacent to an activating group) is 1. The second-order valence-electron chi connectivity index (χ2n) is 4.84. The highest BCUT2D eigenvalue weighted by Crippen LogP contribution is 2.31. The minimum Gasteiger partial charge on any atom is -0.385 e. The van der Waals surface area contributed by atoms with Gasteiger partial charge < -0.3 is 10.2 Å². The van der Waals surface area contributed by atoms with E-state index in [1.54, 1.807) is 0 Å². The van der Waals surface area contributed by atoms with E-state index < -0.39 is 0 Å². The molecular formula is C13H18N2. The minimum atomic E-state index is 0.945. The highest BCUT2D eigenvalue weighted by atomic mass is 15.1. The van der Waals surface area contributed by atoms with Crippen LogP contribution < -0.4 is 10.2 Å². The van der Waals surface area contributed by atoms with E-state index in [4.69, 9.17) is 0 Å². The maximum Gasteiger partial charge on any atom is 0.0398 e. The highest BCUT2D eigenvalue weighted by molar-refractivity contribution is 5.63. The number of hydrogen-bond acceptors (Lipinski definition) is 2. The van der Waals surface area contributed by atoms with Gasteiger partial charge in [-0.1, -0.05) is 0 Å². The van der Waals surface area contributed by atoms with Gasteiger partial charge in [0.1, 0.15) is 0 Å². The Morgan fingerprint density at radius 1 is 1.40 bits per heavy atom. The Labute approximate surface area is 91.3 Å². The molecule has 1 aliphatic heterocycles. The van der Waals surface area contributed by atoms with Gasteiger partial charge in [0.2, 0.25) is 0 Å². The molecule has 1 N–H and O–H groups in total. The summed E-state index contributed by atoms with van der Waals surface area (Å²) in [6.07, 6.45) is 4.03. The summed E-state index contributed by atoms with van der Waals surface area (Å²) in [7, 11) is 2.17. The fraction of sp³-hybridized carbons (Fsp3) is 0.538. The van der Waals surface area contributed by atoms with E-state index in [0.29, 0.717) is 0 Å². The largest absolute Gasteiger partial charge is 0.385 e. The summed E-state index contributed by atoms with van der Waals surface area (Å²) in [5.41, 5.74) is 4.21. The van der Waals surface area contributed by atoms with Gasteiger partial charge in [0.25, 0.3) is 0 Å². The van der Waals surface area contributed by atoms with Crippen LogP contribution in [0.4, 0.5) is 11.4 Å². The van der Waals surface area contributed by atoms with Gasteiger partial charge in [0.15, 0.2) is 0 Å². The van der Waals surface area contributed by atoms with E-state index in [-0.39, 0.29) is 0 Å². The molecule has 1 heterocycles. The van der Waals surface area contributed by atoms with E-state index >= 15 is 0 Å². The van der Waals surface area contributed by atoms with Crippen molar-refractivity contribution in [2.45, 2.75) is 19.3 Å². The van der Waals surface area contributed by atoms with Crippen molar-refractivity contribution in [3.63, 3.8) is 0 Å². The van der Waals surface area contributed by atoms with Crippen LogP contribution in [0.2, 0.25) is 0 Å². The number of nitrogens with zero attached hydrogens (tertiary/aromatic N) is 1. The van der Waals surface area contributed by atoms with Crippen LogP contribution in [0.15, 0.2) is 18.2 Å². The van der Waals surface area contributed by atoms with E-state index in [9.17, 15) is 0 Å². The number of hydrogen-bond donors (Lipinski definition) is 1. The molecule has 2 aliphatic rings. The third kappa shape index (κ3) is 1.81. The van der Waals surface area contributed by atoms with Crippen molar-refractivity contribution in [1.82, 2.24) is 0 Å². The molecule has 0 spiro atoms. The second-order valence-corrected chi connectivity index (χ2v) is 4.84. The molecule has 1 aliphatic carbocycles. The Morgan fingerprint density at radius 2 is 2.27 bits per heavy atom. The molecule has 0 saturated heterocycles. The summed E-state index contributed by atoms with van der Waals surface area (Å²) in [5, 5.41) is 3.53. The summed E-state index contributed by atoms with van der Waals surface area (Å²) in [5.74, 6) is 0.945. The quantitative estimate of drug-likeness (QED) is 0.810. The number of anilines is 2. The first-order chi connectivity index (χ1) is 7.33. The molecule has 0 radical (unpaired) electrons. The molecule has 3 rings (SSSR count). The highest BCUT2D eigenvalue weighted by Gasteiger charge is 2.21. The standard InChI is InChI=1S/C13H18N2/c1-15-7-6-11-8-12(4-5-13(11)15)14-9-10-2-3-10/h4-5,8,10,14H,2-3,6-7,9H2,1H3. The van der Waals surface area contributed by atoms with E-state index in [0.717, 1.165) is 12.5 Å². The fourth-order valence-corrected chi connectivity index (χ4v) is 2.26. The summed E-state index contributed by atoms with van der Waals surface area (Å²) in [6, 6.07) is 6.78. The van der Waals surface area contributed by atoms with E-state index in [2.05, 4.69) is 35.5 Å². The van der Waals surface area contributed by atoms with Gasteiger partial charge in [-0.05, 0) is 48.9 Å². The summed E-state index contributed by atoms with van der Waals surface area (Å²) >= 11 is 0. The van der Waals surface area contributed by atoms with Crippen LogP contribution >= 0.6 is 0 Å². The van der Waals surface area contributed by atoms with Crippen molar-refractivity contribution < 1.29 is 0 Å². The second kappa shape index (κ2) is 3.44. The zero-order valence-corrected chi connectivity index (χ0v) is 9.29. The van der Waals surface area contributed by atoms with Gasteiger partial charge in [-0.15, -0.1) is 0 Å². The Morgan fingerprint density at radius 3 is 3.07 bits per heavy atom. The maximum atomic E-state index is 3.53. The van der Waals surface area contributed by atoms with Crippen LogP contribution in [0.1, 0.15) is 18.4 Å². The molecule has 80 valence electrons. The van der Waals surface area contributed by atoms with Gasteiger partial charge >= 0.3 is 0 Å². The molecule has 1 fully saturated rings. The molecule has 0 unspecified atom stereocenters. The predicted octanol–water partition coefficient (Wildman–Crippen LogP) is 2.50. The van der Waals surface area contributed by atoms with Gasteiger partial charge in [0.05, 0.1) is 0 Å². The topological polar surface area (TPSA) is 15.3 Å². The van der Waals surface area contributed by atoms with Gasteiger partial charge in [-0.3, -0.25) is 0 Å². The van der Waals surface area contributed by atoms with Crippen molar-refractivity contribution >= 4 is 11.4 Å².